The second kappa shape index (κ2) is 8.10. The molecule has 2 aromatic rings. The molecule has 0 unspecified atom stereocenters. The zero-order chi connectivity index (χ0) is 21.1. The minimum atomic E-state index is -4.86. The summed E-state index contributed by atoms with van der Waals surface area (Å²) in [5.74, 6) is -0.751. The predicted molar refractivity (Wildman–Crippen MR) is 94.5 cm³/mol. The molecule has 0 radical (unpaired) electrons. The van der Waals surface area contributed by atoms with Crippen LogP contribution in [0.3, 0.4) is 0 Å². The van der Waals surface area contributed by atoms with Crippen molar-refractivity contribution in [3.63, 3.8) is 0 Å². The van der Waals surface area contributed by atoms with Gasteiger partial charge in [0.2, 0.25) is 16.0 Å². The van der Waals surface area contributed by atoms with Crippen LogP contribution in [0, 0.1) is 13.8 Å². The highest BCUT2D eigenvalue weighted by Crippen LogP contribution is 2.33. The number of hydrogen-bond donors (Lipinski definition) is 3. The lowest BCUT2D eigenvalue weighted by Gasteiger charge is -2.17. The molecule has 0 saturated carbocycles. The number of aromatic nitrogens is 2. The average molecular weight is 417 g/mol. The van der Waals surface area contributed by atoms with Gasteiger partial charge in [0.1, 0.15) is 0 Å². The van der Waals surface area contributed by atoms with E-state index in [1.54, 1.807) is 19.9 Å². The molecule has 1 aromatic heterocycles. The van der Waals surface area contributed by atoms with Gasteiger partial charge in [0.15, 0.2) is 0 Å². The van der Waals surface area contributed by atoms with E-state index in [2.05, 4.69) is 20.8 Å². The van der Waals surface area contributed by atoms with E-state index in [1.807, 2.05) is 4.72 Å². The number of sulfonamides is 1. The Hall–Kier alpha value is -2.73. The van der Waals surface area contributed by atoms with E-state index >= 15 is 0 Å². The van der Waals surface area contributed by atoms with Gasteiger partial charge in [0.05, 0.1) is 16.5 Å². The van der Waals surface area contributed by atoms with Gasteiger partial charge in [-0.1, -0.05) is 12.1 Å². The number of amides is 1. The lowest BCUT2D eigenvalue weighted by atomic mass is 10.2. The minimum Gasteiger partial charge on any atom is -0.271 e. The first-order valence-corrected chi connectivity index (χ1v) is 9.45. The number of benzene rings is 1. The van der Waals surface area contributed by atoms with Crippen molar-refractivity contribution in [2.24, 2.45) is 0 Å². The van der Waals surface area contributed by atoms with Crippen molar-refractivity contribution in [1.82, 2.24) is 20.1 Å². The number of nitrogens with zero attached hydrogens (tertiary/aromatic N) is 2. The highest BCUT2D eigenvalue weighted by Gasteiger charge is 2.37. The van der Waals surface area contributed by atoms with Crippen molar-refractivity contribution in [3.05, 3.63) is 47.3 Å². The predicted octanol–water partition coefficient (Wildman–Crippen LogP) is 1.92. The first-order chi connectivity index (χ1) is 12.9. The number of carbonyl (C=O) groups is 1. The van der Waals surface area contributed by atoms with Gasteiger partial charge in [-0.05, 0) is 39.0 Å². The van der Waals surface area contributed by atoms with Crippen molar-refractivity contribution in [2.45, 2.75) is 37.9 Å². The first kappa shape index (κ1) is 21.6. The fourth-order valence-electron chi connectivity index (χ4n) is 2.29. The number of nitrogens with one attached hydrogen (secondary N) is 3. The largest absolute Gasteiger partial charge is 0.417 e. The van der Waals surface area contributed by atoms with Crippen LogP contribution in [-0.4, -0.2) is 30.3 Å². The first-order valence-electron chi connectivity index (χ1n) is 7.97. The van der Waals surface area contributed by atoms with Gasteiger partial charge in [-0.3, -0.25) is 15.6 Å². The van der Waals surface area contributed by atoms with Gasteiger partial charge in [-0.2, -0.15) is 17.9 Å². The summed E-state index contributed by atoms with van der Waals surface area (Å²) >= 11 is 0. The minimum absolute atomic E-state index is 0.0864. The molecule has 0 aliphatic heterocycles. The van der Waals surface area contributed by atoms with Crippen LogP contribution in [0.5, 0.6) is 0 Å². The Morgan fingerprint density at radius 1 is 1.11 bits per heavy atom. The summed E-state index contributed by atoms with van der Waals surface area (Å²) < 4.78 is 65.8. The summed E-state index contributed by atoms with van der Waals surface area (Å²) in [5.41, 5.74) is 4.60. The maximum Gasteiger partial charge on any atom is 0.417 e. The maximum absolute atomic E-state index is 13.1. The van der Waals surface area contributed by atoms with Gasteiger partial charge in [-0.25, -0.2) is 18.4 Å². The van der Waals surface area contributed by atoms with Crippen LogP contribution < -0.4 is 15.6 Å². The second-order valence-corrected chi connectivity index (χ2v) is 7.61. The molecule has 1 aromatic carbocycles. The van der Waals surface area contributed by atoms with Crippen LogP contribution >= 0.6 is 0 Å². The van der Waals surface area contributed by atoms with Crippen molar-refractivity contribution in [1.29, 1.82) is 0 Å². The van der Waals surface area contributed by atoms with Crippen molar-refractivity contribution < 1.29 is 26.4 Å². The molecule has 28 heavy (non-hydrogen) atoms. The molecule has 1 atom stereocenters. The third-order valence-corrected chi connectivity index (χ3v) is 5.09. The lowest BCUT2D eigenvalue weighted by Crippen LogP contribution is -2.47. The van der Waals surface area contributed by atoms with Gasteiger partial charge in [0, 0.05) is 11.4 Å². The van der Waals surface area contributed by atoms with E-state index in [9.17, 15) is 26.4 Å². The zero-order valence-electron chi connectivity index (χ0n) is 15.1. The molecule has 0 aliphatic carbocycles. The lowest BCUT2D eigenvalue weighted by molar-refractivity contribution is -0.139. The summed E-state index contributed by atoms with van der Waals surface area (Å²) in [6.45, 7) is 4.63. The summed E-state index contributed by atoms with van der Waals surface area (Å²) in [5, 5.41) is 0. The number of carbonyl (C=O) groups excluding carboxylic acids is 1. The molecule has 3 N–H and O–H groups in total. The molecular weight excluding hydrogens is 399 g/mol. The molecule has 12 heteroatoms. The Labute approximate surface area is 159 Å². The van der Waals surface area contributed by atoms with E-state index in [-0.39, 0.29) is 5.95 Å². The SMILES string of the molecule is Cc1cc(C)nc(NNC(=O)[C@H](C)NS(=O)(=O)c2ccccc2C(F)(F)F)n1. The Balaban J connectivity index is 2.11. The van der Waals surface area contributed by atoms with Gasteiger partial charge in [0.25, 0.3) is 5.91 Å². The van der Waals surface area contributed by atoms with Crippen molar-refractivity contribution in [3.8, 4) is 0 Å². The van der Waals surface area contributed by atoms with E-state index < -0.39 is 38.6 Å². The number of alkyl halides is 3. The van der Waals surface area contributed by atoms with Crippen LogP contribution in [0.4, 0.5) is 19.1 Å². The molecule has 8 nitrogen and oxygen atoms in total. The molecule has 0 spiro atoms. The molecule has 0 fully saturated rings. The third-order valence-electron chi connectivity index (χ3n) is 3.49. The smallest absolute Gasteiger partial charge is 0.271 e. The number of hydrogen-bond acceptors (Lipinski definition) is 6. The zero-order valence-corrected chi connectivity index (χ0v) is 15.9. The molecule has 0 saturated heterocycles. The summed E-state index contributed by atoms with van der Waals surface area (Å²) in [6.07, 6.45) is -4.86. The topological polar surface area (TPSA) is 113 Å². The van der Waals surface area contributed by atoms with E-state index in [4.69, 9.17) is 0 Å². The fraction of sp³-hybridized carbons (Fsp3) is 0.312. The highest BCUT2D eigenvalue weighted by molar-refractivity contribution is 7.89. The maximum atomic E-state index is 13.1. The number of rotatable bonds is 6. The summed E-state index contributed by atoms with van der Waals surface area (Å²) in [7, 11) is -4.60. The van der Waals surface area contributed by atoms with Crippen LogP contribution in [0.2, 0.25) is 0 Å². The van der Waals surface area contributed by atoms with Gasteiger partial charge >= 0.3 is 6.18 Å². The number of halogens is 3. The fourth-order valence-corrected chi connectivity index (χ4v) is 3.72. The average Bonchev–Trinajstić information content (AvgIpc) is 2.57. The van der Waals surface area contributed by atoms with Crippen LogP contribution in [-0.2, 0) is 21.0 Å². The monoisotopic (exact) mass is 417 g/mol. The van der Waals surface area contributed by atoms with E-state index in [1.165, 1.54) is 6.92 Å². The standard InChI is InChI=1S/C16H18F3N5O3S/c1-9-8-10(2)21-15(20-9)23-22-14(25)11(3)24-28(26,27)13-7-5-4-6-12(13)16(17,18)19/h4-8,11,24H,1-3H3,(H,22,25)(H,20,21,23)/t11-/m0/s1. The van der Waals surface area contributed by atoms with E-state index in [0.29, 0.717) is 17.5 Å². The summed E-state index contributed by atoms with van der Waals surface area (Å²) in [4.78, 5) is 19.2. The Kier molecular flexibility index (Phi) is 6.24. The highest BCUT2D eigenvalue weighted by atomic mass is 32.2. The van der Waals surface area contributed by atoms with Gasteiger partial charge in [-0.15, -0.1) is 0 Å². The quantitative estimate of drug-likeness (QED) is 0.619. The summed E-state index contributed by atoms with van der Waals surface area (Å²) in [6, 6.07) is 4.04. The molecular formula is C16H18F3N5O3S. The number of hydrazine groups is 1. The molecule has 0 bridgehead atoms. The second-order valence-electron chi connectivity index (χ2n) is 5.93. The van der Waals surface area contributed by atoms with Crippen LogP contribution in [0.1, 0.15) is 23.9 Å². The Bertz CT molecular complexity index is 959. The molecule has 0 aliphatic rings. The number of anilines is 1. The molecule has 1 heterocycles. The molecule has 152 valence electrons. The van der Waals surface area contributed by atoms with Crippen molar-refractivity contribution in [2.75, 3.05) is 5.43 Å². The number of aryl methyl sites for hydroxylation is 2. The third kappa shape index (κ3) is 5.39. The van der Waals surface area contributed by atoms with Crippen LogP contribution in [0.15, 0.2) is 35.2 Å². The van der Waals surface area contributed by atoms with E-state index in [0.717, 1.165) is 18.2 Å². The normalized spacial score (nSPS) is 13.1. The molecule has 2 rings (SSSR count). The Morgan fingerprint density at radius 2 is 1.68 bits per heavy atom. The Morgan fingerprint density at radius 3 is 2.25 bits per heavy atom. The van der Waals surface area contributed by atoms with Crippen LogP contribution in [0.25, 0.3) is 0 Å². The van der Waals surface area contributed by atoms with Gasteiger partial charge < -0.3 is 0 Å². The molecule has 1 amide bonds. The van der Waals surface area contributed by atoms with Crippen molar-refractivity contribution >= 4 is 21.9 Å².